The van der Waals surface area contributed by atoms with Crippen LogP contribution in [0.25, 0.3) is 0 Å². The van der Waals surface area contributed by atoms with Gasteiger partial charge in [-0.15, -0.1) is 12.4 Å². The molecule has 0 aromatic rings. The number of piperidine rings is 1. The van der Waals surface area contributed by atoms with Crippen molar-refractivity contribution in [2.45, 2.75) is 25.0 Å². The summed E-state index contributed by atoms with van der Waals surface area (Å²) in [6.45, 7) is 1.97. The molecule has 0 saturated carbocycles. The Labute approximate surface area is 96.5 Å². The lowest BCUT2D eigenvalue weighted by Crippen LogP contribution is -2.45. The topological polar surface area (TPSA) is 21.3 Å². The first-order valence-corrected chi connectivity index (χ1v) is 5.38. The van der Waals surface area contributed by atoms with Crippen LogP contribution >= 0.6 is 12.4 Å². The molecular weight excluding hydrogens is 210 g/mol. The van der Waals surface area contributed by atoms with Crippen molar-refractivity contribution in [1.29, 1.82) is 0 Å². The molecular formula is C12H16ClNO. The average molecular weight is 226 g/mol. The van der Waals surface area contributed by atoms with Gasteiger partial charge in [0.2, 0.25) is 0 Å². The Balaban J connectivity index is 0.000000853. The van der Waals surface area contributed by atoms with Crippen molar-refractivity contribution in [1.82, 2.24) is 5.32 Å². The van der Waals surface area contributed by atoms with Crippen LogP contribution in [0.15, 0.2) is 35.5 Å². The van der Waals surface area contributed by atoms with Crippen LogP contribution in [0.2, 0.25) is 0 Å². The van der Waals surface area contributed by atoms with Gasteiger partial charge < -0.3 is 10.1 Å². The van der Waals surface area contributed by atoms with Gasteiger partial charge in [-0.25, -0.2) is 0 Å². The summed E-state index contributed by atoms with van der Waals surface area (Å²) < 4.78 is 5.79. The number of hydrogen-bond acceptors (Lipinski definition) is 2. The highest BCUT2D eigenvalue weighted by Crippen LogP contribution is 2.30. The molecule has 2 heterocycles. The van der Waals surface area contributed by atoms with Crippen molar-refractivity contribution in [2.75, 3.05) is 13.2 Å². The molecule has 1 N–H and O–H groups in total. The Hall–Kier alpha value is -0.570. The maximum absolute atomic E-state index is 5.79. The summed E-state index contributed by atoms with van der Waals surface area (Å²) in [6.07, 6.45) is 11.3. The van der Waals surface area contributed by atoms with Crippen LogP contribution in [-0.4, -0.2) is 25.3 Å². The molecule has 2 atom stereocenters. The highest BCUT2D eigenvalue weighted by atomic mass is 35.5. The predicted octanol–water partition coefficient (Wildman–Crippen LogP) is 1.98. The van der Waals surface area contributed by atoms with E-state index < -0.39 is 0 Å². The van der Waals surface area contributed by atoms with Gasteiger partial charge in [0.1, 0.15) is 6.10 Å². The fourth-order valence-electron chi connectivity index (χ4n) is 2.52. The molecule has 0 bridgehead atoms. The number of nitrogens with one attached hydrogen (secondary N) is 1. The molecule has 1 aliphatic carbocycles. The monoisotopic (exact) mass is 225 g/mol. The first-order chi connectivity index (χ1) is 6.95. The largest absolute Gasteiger partial charge is 0.367 e. The second-order valence-electron chi connectivity index (χ2n) is 4.09. The molecule has 3 heteroatoms. The maximum Gasteiger partial charge on any atom is 0.101 e. The van der Waals surface area contributed by atoms with Crippen LogP contribution in [0.5, 0.6) is 0 Å². The van der Waals surface area contributed by atoms with Gasteiger partial charge in [0.25, 0.3) is 0 Å². The fraction of sp³-hybridized carbons (Fsp3) is 0.500. The van der Waals surface area contributed by atoms with Gasteiger partial charge >= 0.3 is 0 Å². The number of halogens is 1. The van der Waals surface area contributed by atoms with Crippen LogP contribution in [0.1, 0.15) is 12.8 Å². The molecule has 2 nitrogen and oxygen atoms in total. The summed E-state index contributed by atoms with van der Waals surface area (Å²) >= 11 is 0. The molecule has 0 radical (unpaired) electrons. The second kappa shape index (κ2) is 4.52. The first-order valence-electron chi connectivity index (χ1n) is 5.38. The van der Waals surface area contributed by atoms with E-state index in [0.717, 1.165) is 13.2 Å². The molecule has 0 amide bonds. The Bertz CT molecular complexity index is 333. The van der Waals surface area contributed by atoms with Crippen LogP contribution in [-0.2, 0) is 4.74 Å². The van der Waals surface area contributed by atoms with Gasteiger partial charge in [-0.3, -0.25) is 0 Å². The Kier molecular flexibility index (Phi) is 3.29. The molecule has 1 fully saturated rings. The summed E-state index contributed by atoms with van der Waals surface area (Å²) in [5.74, 6) is 0. The molecule has 0 spiro atoms. The first kappa shape index (κ1) is 10.9. The summed E-state index contributed by atoms with van der Waals surface area (Å²) in [5, 5.41) is 3.51. The summed E-state index contributed by atoms with van der Waals surface area (Å²) in [5.41, 5.74) is 2.98. The molecule has 82 valence electrons. The van der Waals surface area contributed by atoms with Gasteiger partial charge in [0, 0.05) is 0 Å². The SMILES string of the molecule is C1=CC2=C3CCCNC3COC2C=C1.Cl. The highest BCUT2D eigenvalue weighted by Gasteiger charge is 2.29. The fourth-order valence-corrected chi connectivity index (χ4v) is 2.52. The van der Waals surface area contributed by atoms with E-state index in [0.29, 0.717) is 6.04 Å². The molecule has 2 aliphatic heterocycles. The minimum atomic E-state index is 0. The van der Waals surface area contributed by atoms with E-state index in [2.05, 4.69) is 29.6 Å². The predicted molar refractivity (Wildman–Crippen MR) is 63.3 cm³/mol. The van der Waals surface area contributed by atoms with Gasteiger partial charge in [0.05, 0.1) is 12.6 Å². The van der Waals surface area contributed by atoms with Crippen molar-refractivity contribution in [3.05, 3.63) is 35.5 Å². The van der Waals surface area contributed by atoms with Crippen LogP contribution in [0.4, 0.5) is 0 Å². The average Bonchev–Trinajstić information content (AvgIpc) is 2.29. The number of allylic oxidation sites excluding steroid dienone is 2. The minimum absolute atomic E-state index is 0. The van der Waals surface area contributed by atoms with Crippen molar-refractivity contribution in [3.8, 4) is 0 Å². The zero-order chi connectivity index (χ0) is 9.38. The number of rotatable bonds is 0. The van der Waals surface area contributed by atoms with Gasteiger partial charge in [0.15, 0.2) is 0 Å². The summed E-state index contributed by atoms with van der Waals surface area (Å²) in [7, 11) is 0. The Morgan fingerprint density at radius 3 is 3.20 bits per heavy atom. The summed E-state index contributed by atoms with van der Waals surface area (Å²) in [4.78, 5) is 0. The van der Waals surface area contributed by atoms with Crippen LogP contribution in [0, 0.1) is 0 Å². The molecule has 0 aromatic heterocycles. The van der Waals surface area contributed by atoms with E-state index in [1.54, 1.807) is 5.57 Å². The van der Waals surface area contributed by atoms with Gasteiger partial charge in [-0.2, -0.15) is 0 Å². The molecule has 3 rings (SSSR count). The standard InChI is InChI=1S/C12H15NO.ClH/c1-2-6-12-10(4-1)9-5-3-7-13-11(9)8-14-12;/h1-2,4,6,11-13H,3,5,7-8H2;1H. The molecule has 2 unspecified atom stereocenters. The van der Waals surface area contributed by atoms with E-state index in [-0.39, 0.29) is 18.5 Å². The second-order valence-corrected chi connectivity index (χ2v) is 4.09. The van der Waals surface area contributed by atoms with Crippen molar-refractivity contribution in [3.63, 3.8) is 0 Å². The highest BCUT2D eigenvalue weighted by molar-refractivity contribution is 5.85. The summed E-state index contributed by atoms with van der Waals surface area (Å²) in [6, 6.07) is 0.478. The normalized spacial score (nSPS) is 33.1. The quantitative estimate of drug-likeness (QED) is 0.681. The number of fused-ring (bicyclic) bond motifs is 2. The lowest BCUT2D eigenvalue weighted by molar-refractivity contribution is 0.0769. The zero-order valence-electron chi connectivity index (χ0n) is 8.61. The molecule has 15 heavy (non-hydrogen) atoms. The van der Waals surface area contributed by atoms with Crippen molar-refractivity contribution in [2.24, 2.45) is 0 Å². The van der Waals surface area contributed by atoms with Gasteiger partial charge in [-0.05, 0) is 30.5 Å². The van der Waals surface area contributed by atoms with E-state index in [9.17, 15) is 0 Å². The lowest BCUT2D eigenvalue weighted by Gasteiger charge is -2.36. The van der Waals surface area contributed by atoms with E-state index in [4.69, 9.17) is 4.74 Å². The third-order valence-electron chi connectivity index (χ3n) is 3.23. The minimum Gasteiger partial charge on any atom is -0.367 e. The third-order valence-corrected chi connectivity index (χ3v) is 3.23. The number of hydrogen-bond donors (Lipinski definition) is 1. The van der Waals surface area contributed by atoms with Crippen molar-refractivity contribution >= 4 is 12.4 Å². The molecule has 0 aromatic carbocycles. The van der Waals surface area contributed by atoms with E-state index >= 15 is 0 Å². The molecule has 3 aliphatic rings. The maximum atomic E-state index is 5.79. The smallest absolute Gasteiger partial charge is 0.101 e. The Morgan fingerprint density at radius 1 is 1.33 bits per heavy atom. The zero-order valence-corrected chi connectivity index (χ0v) is 9.43. The number of ether oxygens (including phenoxy) is 1. The van der Waals surface area contributed by atoms with Crippen molar-refractivity contribution < 1.29 is 4.74 Å². The molecule has 1 saturated heterocycles. The lowest BCUT2D eigenvalue weighted by atomic mass is 9.87. The van der Waals surface area contributed by atoms with E-state index in [1.165, 1.54) is 18.4 Å². The van der Waals surface area contributed by atoms with Gasteiger partial charge in [-0.1, -0.05) is 24.3 Å². The van der Waals surface area contributed by atoms with Crippen LogP contribution in [0.3, 0.4) is 0 Å². The van der Waals surface area contributed by atoms with Crippen LogP contribution < -0.4 is 5.32 Å². The van der Waals surface area contributed by atoms with E-state index in [1.807, 2.05) is 0 Å². The Morgan fingerprint density at radius 2 is 2.27 bits per heavy atom. The third kappa shape index (κ3) is 1.89.